The molecule has 0 aliphatic carbocycles. The predicted molar refractivity (Wildman–Crippen MR) is 149 cm³/mol. The molecule has 11 nitrogen and oxygen atoms in total. The van der Waals surface area contributed by atoms with E-state index in [-0.39, 0.29) is 43.5 Å². The Morgan fingerprint density at radius 1 is 1.02 bits per heavy atom. The van der Waals surface area contributed by atoms with Crippen LogP contribution in [0.2, 0.25) is 0 Å². The van der Waals surface area contributed by atoms with Crippen LogP contribution in [0.1, 0.15) is 45.5 Å². The number of nitrogens with one attached hydrogen (secondary N) is 1. The highest BCUT2D eigenvalue weighted by Gasteiger charge is 2.50. The summed E-state index contributed by atoms with van der Waals surface area (Å²) in [7, 11) is 0. The lowest BCUT2D eigenvalue weighted by Gasteiger charge is -2.46. The molecule has 14 heteroatoms. The number of benzene rings is 2. The lowest BCUT2D eigenvalue weighted by atomic mass is 9.96. The van der Waals surface area contributed by atoms with Gasteiger partial charge in [-0.25, -0.2) is 13.2 Å². The number of carbonyl (C=O) groups excluding carboxylic acids is 4. The molecule has 2 aromatic carbocycles. The minimum absolute atomic E-state index is 0.0323. The van der Waals surface area contributed by atoms with Crippen LogP contribution in [0.3, 0.4) is 0 Å². The zero-order valence-electron chi connectivity index (χ0n) is 23.6. The normalized spacial score (nSPS) is 24.2. The van der Waals surface area contributed by atoms with Crippen molar-refractivity contribution in [1.29, 1.82) is 0 Å². The average Bonchev–Trinajstić information content (AvgIpc) is 3.57. The number of piperidine rings is 2. The second kappa shape index (κ2) is 10.6. The molecule has 2 unspecified atom stereocenters. The van der Waals surface area contributed by atoms with E-state index in [0.29, 0.717) is 48.5 Å². The summed E-state index contributed by atoms with van der Waals surface area (Å²) in [5.41, 5.74) is 1.01. The van der Waals surface area contributed by atoms with Crippen LogP contribution >= 0.6 is 0 Å². The molecule has 1 aromatic heterocycles. The monoisotopic (exact) mass is 610 g/mol. The van der Waals surface area contributed by atoms with Crippen molar-refractivity contribution >= 4 is 40.4 Å². The summed E-state index contributed by atoms with van der Waals surface area (Å²) in [6, 6.07) is 6.99. The van der Waals surface area contributed by atoms with E-state index in [1.54, 1.807) is 23.1 Å². The van der Waals surface area contributed by atoms with Gasteiger partial charge in [-0.2, -0.15) is 0 Å². The fourth-order valence-corrected chi connectivity index (χ4v) is 6.89. The third-order valence-electron chi connectivity index (χ3n) is 9.10. The number of rotatable bonds is 4. The van der Waals surface area contributed by atoms with Crippen molar-refractivity contribution in [1.82, 2.24) is 25.2 Å². The number of piperazine rings is 1. The van der Waals surface area contributed by atoms with Crippen LogP contribution in [0.15, 0.2) is 40.9 Å². The highest BCUT2D eigenvalue weighted by atomic mass is 19.3. The minimum atomic E-state index is -3.20. The summed E-state index contributed by atoms with van der Waals surface area (Å²) in [6.45, 7) is 0.943. The van der Waals surface area contributed by atoms with Gasteiger partial charge in [0.15, 0.2) is 11.4 Å². The van der Waals surface area contributed by atoms with Crippen LogP contribution in [-0.4, -0.2) is 101 Å². The average molecular weight is 611 g/mol. The summed E-state index contributed by atoms with van der Waals surface area (Å²) >= 11 is 0. The summed E-state index contributed by atoms with van der Waals surface area (Å²) in [4.78, 5) is 57.1. The number of anilines is 1. The molecule has 2 atom stereocenters. The Labute approximate surface area is 249 Å². The molecular formula is C30H29F3N6O5. The molecule has 230 valence electrons. The molecule has 7 rings (SSSR count). The van der Waals surface area contributed by atoms with Gasteiger partial charge in [0, 0.05) is 51.8 Å². The van der Waals surface area contributed by atoms with Crippen molar-refractivity contribution in [2.24, 2.45) is 0 Å². The van der Waals surface area contributed by atoms with Crippen molar-refractivity contribution in [2.75, 3.05) is 44.2 Å². The molecule has 0 spiro atoms. The lowest BCUT2D eigenvalue weighted by molar-refractivity contribution is -0.136. The minimum Gasteiger partial charge on any atom is -0.354 e. The van der Waals surface area contributed by atoms with Gasteiger partial charge in [-0.3, -0.25) is 29.4 Å². The Balaban J connectivity index is 1.02. The van der Waals surface area contributed by atoms with Gasteiger partial charge >= 0.3 is 0 Å². The number of nitrogens with zero attached hydrogens (tertiary/aromatic N) is 5. The number of alkyl halides is 2. The number of halogens is 3. The highest BCUT2D eigenvalue weighted by Crippen LogP contribution is 2.36. The SMILES string of the molecule is O=C1CCC(N2Cc3cccc(C(=O)N4CCC(N5CCN(c6noc7cc(F)ccc67)CC5)C(F)(F)C4)c3C2=O)C(=O)N1. The summed E-state index contributed by atoms with van der Waals surface area (Å²) in [5, 5.41) is 6.97. The largest absolute Gasteiger partial charge is 0.354 e. The van der Waals surface area contributed by atoms with E-state index in [1.165, 1.54) is 23.1 Å². The van der Waals surface area contributed by atoms with Gasteiger partial charge in [0.2, 0.25) is 11.8 Å². The molecule has 1 N–H and O–H groups in total. The molecule has 0 radical (unpaired) electrons. The summed E-state index contributed by atoms with van der Waals surface area (Å²) < 4.78 is 50.1. The van der Waals surface area contributed by atoms with E-state index in [4.69, 9.17) is 4.52 Å². The van der Waals surface area contributed by atoms with E-state index >= 15 is 8.78 Å². The maximum Gasteiger partial charge on any atom is 0.280 e. The number of imide groups is 1. The number of hydrogen-bond acceptors (Lipinski definition) is 8. The quantitative estimate of drug-likeness (QED) is 0.448. The van der Waals surface area contributed by atoms with Crippen LogP contribution in [0, 0.1) is 5.82 Å². The topological polar surface area (TPSA) is 119 Å². The number of hydrogen-bond donors (Lipinski definition) is 1. The summed E-state index contributed by atoms with van der Waals surface area (Å²) in [5.74, 6) is -5.24. The lowest BCUT2D eigenvalue weighted by Crippen LogP contribution is -2.62. The van der Waals surface area contributed by atoms with Gasteiger partial charge in [0.1, 0.15) is 11.9 Å². The Morgan fingerprint density at radius 3 is 2.57 bits per heavy atom. The molecule has 4 aliphatic heterocycles. The van der Waals surface area contributed by atoms with Crippen molar-refractivity contribution < 1.29 is 36.9 Å². The van der Waals surface area contributed by atoms with Gasteiger partial charge < -0.3 is 19.2 Å². The molecule has 0 bridgehead atoms. The third-order valence-corrected chi connectivity index (χ3v) is 9.10. The summed E-state index contributed by atoms with van der Waals surface area (Å²) in [6.07, 6.45) is 0.326. The van der Waals surface area contributed by atoms with E-state index < -0.39 is 54.0 Å². The van der Waals surface area contributed by atoms with Crippen LogP contribution in [0.5, 0.6) is 0 Å². The van der Waals surface area contributed by atoms with Crippen LogP contribution in [0.4, 0.5) is 19.0 Å². The molecule has 5 heterocycles. The maximum atomic E-state index is 15.7. The fraction of sp³-hybridized carbons (Fsp3) is 0.433. The second-order valence-electron chi connectivity index (χ2n) is 11.7. The Hall–Kier alpha value is -4.46. The zero-order valence-corrected chi connectivity index (χ0v) is 23.6. The second-order valence-corrected chi connectivity index (χ2v) is 11.7. The zero-order chi connectivity index (χ0) is 30.7. The van der Waals surface area contributed by atoms with Gasteiger partial charge in [-0.05, 0) is 36.6 Å². The Morgan fingerprint density at radius 2 is 1.82 bits per heavy atom. The van der Waals surface area contributed by atoms with Crippen LogP contribution in [0.25, 0.3) is 11.0 Å². The number of carbonyl (C=O) groups is 4. The van der Waals surface area contributed by atoms with Crippen LogP contribution < -0.4 is 10.2 Å². The Bertz CT molecular complexity index is 1690. The van der Waals surface area contributed by atoms with Crippen molar-refractivity contribution in [3.8, 4) is 0 Å². The third kappa shape index (κ3) is 4.77. The first-order valence-corrected chi connectivity index (χ1v) is 14.6. The molecule has 4 aliphatic rings. The first kappa shape index (κ1) is 28.3. The molecule has 3 aromatic rings. The van der Waals surface area contributed by atoms with Gasteiger partial charge in [-0.1, -0.05) is 17.3 Å². The molecule has 0 saturated carbocycles. The molecule has 4 amide bonds. The smallest absolute Gasteiger partial charge is 0.280 e. The predicted octanol–water partition coefficient (Wildman–Crippen LogP) is 2.40. The van der Waals surface area contributed by atoms with E-state index in [1.807, 2.05) is 4.90 Å². The highest BCUT2D eigenvalue weighted by molar-refractivity contribution is 6.11. The van der Waals surface area contributed by atoms with E-state index in [0.717, 1.165) is 4.90 Å². The first-order valence-electron chi connectivity index (χ1n) is 14.6. The standard InChI is InChI=1S/C30H29F3N6O5/c31-18-4-5-19-22(14-18)44-35-26(19)37-12-10-36(11-13-37)23-8-9-38(16-30(23,32)33)28(42)20-3-1-2-17-15-39(29(43)25(17)20)21-6-7-24(40)34-27(21)41/h1-5,14,21,23H,6-13,15-16H2,(H,34,40,41). The number of fused-ring (bicyclic) bond motifs is 2. The Kier molecular flexibility index (Phi) is 6.83. The van der Waals surface area contributed by atoms with E-state index in [9.17, 15) is 23.6 Å². The maximum absolute atomic E-state index is 15.7. The molecule has 3 fully saturated rings. The number of amides is 4. The van der Waals surface area contributed by atoms with Gasteiger partial charge in [0.05, 0.1) is 29.1 Å². The van der Waals surface area contributed by atoms with Crippen molar-refractivity contribution in [3.63, 3.8) is 0 Å². The molecule has 44 heavy (non-hydrogen) atoms. The van der Waals surface area contributed by atoms with Crippen LogP contribution in [-0.2, 0) is 16.1 Å². The molecular weight excluding hydrogens is 581 g/mol. The number of likely N-dealkylation sites (tertiary alicyclic amines) is 1. The van der Waals surface area contributed by atoms with Gasteiger partial charge in [0.25, 0.3) is 17.7 Å². The van der Waals surface area contributed by atoms with Crippen molar-refractivity contribution in [2.45, 2.75) is 43.8 Å². The molecule has 3 saturated heterocycles. The fourth-order valence-electron chi connectivity index (χ4n) is 6.89. The van der Waals surface area contributed by atoms with Crippen molar-refractivity contribution in [3.05, 3.63) is 58.9 Å². The van der Waals surface area contributed by atoms with E-state index in [2.05, 4.69) is 10.5 Å². The number of aromatic nitrogens is 1. The van der Waals surface area contributed by atoms with Gasteiger partial charge in [-0.15, -0.1) is 0 Å². The first-order chi connectivity index (χ1) is 21.1.